The summed E-state index contributed by atoms with van der Waals surface area (Å²) in [5.41, 5.74) is 6.21. The highest BCUT2D eigenvalue weighted by atomic mass is 16.7. The van der Waals surface area contributed by atoms with E-state index in [4.69, 9.17) is 19.9 Å². The van der Waals surface area contributed by atoms with Gasteiger partial charge in [0.1, 0.15) is 17.4 Å². The van der Waals surface area contributed by atoms with Gasteiger partial charge < -0.3 is 19.9 Å². The summed E-state index contributed by atoms with van der Waals surface area (Å²) in [6.07, 6.45) is 0.931. The predicted molar refractivity (Wildman–Crippen MR) is 74.3 cm³/mol. The van der Waals surface area contributed by atoms with Crippen LogP contribution in [0.3, 0.4) is 0 Å². The summed E-state index contributed by atoms with van der Waals surface area (Å²) in [6, 6.07) is -0.252. The molecule has 7 nitrogen and oxygen atoms in total. The minimum Gasteiger partial charge on any atom is -0.462 e. The monoisotopic (exact) mass is 285 g/mol. The van der Waals surface area contributed by atoms with Crippen LogP contribution in [0.25, 0.3) is 0 Å². The molecule has 7 heteroatoms. The molecule has 1 heterocycles. The van der Waals surface area contributed by atoms with Crippen LogP contribution in [-0.2, 0) is 14.2 Å². The Bertz CT molecular complexity index is 427. The van der Waals surface area contributed by atoms with E-state index in [0.717, 1.165) is 0 Å². The minimum absolute atomic E-state index is 0.250. The van der Waals surface area contributed by atoms with E-state index in [2.05, 4.69) is 5.10 Å². The first-order valence-electron chi connectivity index (χ1n) is 6.80. The van der Waals surface area contributed by atoms with Crippen molar-refractivity contribution in [2.24, 2.45) is 0 Å². The van der Waals surface area contributed by atoms with E-state index in [-0.39, 0.29) is 17.4 Å². The number of anilines is 1. The molecule has 0 spiro atoms. The lowest BCUT2D eigenvalue weighted by atomic mass is 10.3. The second-order valence-electron chi connectivity index (χ2n) is 4.13. The van der Waals surface area contributed by atoms with Crippen molar-refractivity contribution < 1.29 is 19.0 Å². The van der Waals surface area contributed by atoms with Crippen LogP contribution in [0.4, 0.5) is 5.82 Å². The summed E-state index contributed by atoms with van der Waals surface area (Å²) in [4.78, 5) is 11.7. The summed E-state index contributed by atoms with van der Waals surface area (Å²) < 4.78 is 17.5. The lowest BCUT2D eigenvalue weighted by molar-refractivity contribution is -0.160. The van der Waals surface area contributed by atoms with E-state index in [0.29, 0.717) is 19.8 Å². The van der Waals surface area contributed by atoms with Gasteiger partial charge in [0.25, 0.3) is 0 Å². The molecule has 0 radical (unpaired) electrons. The number of nitrogens with zero attached hydrogens (tertiary/aromatic N) is 2. The number of hydrogen-bond donors (Lipinski definition) is 1. The van der Waals surface area contributed by atoms with Gasteiger partial charge in [-0.25, -0.2) is 9.48 Å². The highest BCUT2D eigenvalue weighted by Gasteiger charge is 2.25. The number of carbonyl (C=O) groups is 1. The molecule has 0 aliphatic heterocycles. The van der Waals surface area contributed by atoms with Gasteiger partial charge in [-0.3, -0.25) is 0 Å². The maximum absolute atomic E-state index is 11.7. The molecule has 114 valence electrons. The molecule has 1 aromatic heterocycles. The number of esters is 1. The molecule has 0 bridgehead atoms. The van der Waals surface area contributed by atoms with Crippen molar-refractivity contribution in [1.29, 1.82) is 0 Å². The summed E-state index contributed by atoms with van der Waals surface area (Å²) in [7, 11) is 0. The van der Waals surface area contributed by atoms with Crippen LogP contribution in [0.2, 0.25) is 0 Å². The standard InChI is InChI=1S/C13H23N3O4/c1-5-18-12(17)10-8-15-16(11(10)14)9(4)13(19-6-2)20-7-3/h8-9,13H,5-7,14H2,1-4H3. The molecule has 20 heavy (non-hydrogen) atoms. The number of ether oxygens (including phenoxy) is 3. The minimum atomic E-state index is -0.479. The van der Waals surface area contributed by atoms with Crippen molar-refractivity contribution in [3.63, 3.8) is 0 Å². The fraction of sp³-hybridized carbons (Fsp3) is 0.692. The molecule has 1 aromatic rings. The third kappa shape index (κ3) is 3.71. The Hall–Kier alpha value is -1.60. The van der Waals surface area contributed by atoms with Crippen LogP contribution in [0.1, 0.15) is 44.1 Å². The molecule has 1 atom stereocenters. The predicted octanol–water partition coefficient (Wildman–Crippen LogP) is 1.60. The molecule has 0 aliphatic carbocycles. The Morgan fingerprint density at radius 2 is 1.90 bits per heavy atom. The molecule has 0 aromatic carbocycles. The smallest absolute Gasteiger partial charge is 0.343 e. The van der Waals surface area contributed by atoms with Crippen LogP contribution >= 0.6 is 0 Å². The maximum atomic E-state index is 11.7. The van der Waals surface area contributed by atoms with Crippen molar-refractivity contribution in [1.82, 2.24) is 9.78 Å². The third-order valence-electron chi connectivity index (χ3n) is 2.77. The van der Waals surface area contributed by atoms with Gasteiger partial charge in [0.2, 0.25) is 0 Å². The maximum Gasteiger partial charge on any atom is 0.343 e. The summed E-state index contributed by atoms with van der Waals surface area (Å²) in [5.74, 6) is -0.229. The topological polar surface area (TPSA) is 88.6 Å². The second-order valence-corrected chi connectivity index (χ2v) is 4.13. The zero-order valence-electron chi connectivity index (χ0n) is 12.5. The fourth-order valence-electron chi connectivity index (χ4n) is 1.83. The zero-order chi connectivity index (χ0) is 15.1. The summed E-state index contributed by atoms with van der Waals surface area (Å²) >= 11 is 0. The molecule has 0 aliphatic rings. The number of aromatic nitrogens is 2. The highest BCUT2D eigenvalue weighted by Crippen LogP contribution is 2.22. The lowest BCUT2D eigenvalue weighted by Gasteiger charge is -2.24. The van der Waals surface area contributed by atoms with E-state index < -0.39 is 12.3 Å². The number of carbonyl (C=O) groups excluding carboxylic acids is 1. The molecule has 0 amide bonds. The zero-order valence-corrected chi connectivity index (χ0v) is 12.5. The molecular weight excluding hydrogens is 262 g/mol. The van der Waals surface area contributed by atoms with Crippen LogP contribution in [0, 0.1) is 0 Å². The Morgan fingerprint density at radius 1 is 1.30 bits per heavy atom. The molecule has 0 saturated carbocycles. The van der Waals surface area contributed by atoms with E-state index in [1.807, 2.05) is 20.8 Å². The largest absolute Gasteiger partial charge is 0.462 e. The second kappa shape index (κ2) is 7.86. The van der Waals surface area contributed by atoms with Crippen LogP contribution in [0.5, 0.6) is 0 Å². The normalized spacial score (nSPS) is 12.7. The first kappa shape index (κ1) is 16.5. The molecule has 1 unspecified atom stereocenters. The van der Waals surface area contributed by atoms with E-state index in [1.165, 1.54) is 10.9 Å². The molecule has 0 saturated heterocycles. The quantitative estimate of drug-likeness (QED) is 0.576. The molecular formula is C13H23N3O4. The van der Waals surface area contributed by atoms with Gasteiger partial charge in [-0.2, -0.15) is 5.10 Å². The van der Waals surface area contributed by atoms with Gasteiger partial charge in [0.05, 0.1) is 12.8 Å². The number of nitrogens with two attached hydrogens (primary N) is 1. The Labute approximate surface area is 119 Å². The first-order valence-corrected chi connectivity index (χ1v) is 6.80. The van der Waals surface area contributed by atoms with Crippen molar-refractivity contribution in [3.8, 4) is 0 Å². The number of rotatable bonds is 8. The number of hydrogen-bond acceptors (Lipinski definition) is 6. The lowest BCUT2D eigenvalue weighted by Crippen LogP contribution is -2.29. The molecule has 1 rings (SSSR count). The first-order chi connectivity index (χ1) is 9.56. The van der Waals surface area contributed by atoms with E-state index in [9.17, 15) is 4.79 Å². The Kier molecular flexibility index (Phi) is 6.47. The van der Waals surface area contributed by atoms with Crippen molar-refractivity contribution in [2.75, 3.05) is 25.6 Å². The van der Waals surface area contributed by atoms with Gasteiger partial charge in [0, 0.05) is 13.2 Å². The summed E-state index contributed by atoms with van der Waals surface area (Å²) in [6.45, 7) is 8.70. The fourth-order valence-corrected chi connectivity index (χ4v) is 1.83. The average Bonchev–Trinajstić information content (AvgIpc) is 2.80. The van der Waals surface area contributed by atoms with Gasteiger partial charge in [0.15, 0.2) is 6.29 Å². The average molecular weight is 285 g/mol. The van der Waals surface area contributed by atoms with Crippen molar-refractivity contribution in [3.05, 3.63) is 11.8 Å². The van der Waals surface area contributed by atoms with E-state index in [1.54, 1.807) is 6.92 Å². The van der Waals surface area contributed by atoms with E-state index >= 15 is 0 Å². The summed E-state index contributed by atoms with van der Waals surface area (Å²) in [5, 5.41) is 4.14. The van der Waals surface area contributed by atoms with Crippen LogP contribution in [0.15, 0.2) is 6.20 Å². The number of nitrogen functional groups attached to an aromatic ring is 1. The Balaban J connectivity index is 2.92. The highest BCUT2D eigenvalue weighted by molar-refractivity contribution is 5.93. The van der Waals surface area contributed by atoms with Crippen LogP contribution < -0.4 is 5.73 Å². The van der Waals surface area contributed by atoms with Crippen molar-refractivity contribution >= 4 is 11.8 Å². The van der Waals surface area contributed by atoms with Crippen LogP contribution in [-0.4, -0.2) is 41.9 Å². The van der Waals surface area contributed by atoms with Gasteiger partial charge in [-0.05, 0) is 27.7 Å². The van der Waals surface area contributed by atoms with Gasteiger partial charge in [-0.1, -0.05) is 0 Å². The van der Waals surface area contributed by atoms with Crippen molar-refractivity contribution in [2.45, 2.75) is 40.0 Å². The third-order valence-corrected chi connectivity index (χ3v) is 2.77. The molecule has 0 fully saturated rings. The van der Waals surface area contributed by atoms with Gasteiger partial charge >= 0.3 is 5.97 Å². The molecule has 2 N–H and O–H groups in total. The van der Waals surface area contributed by atoms with Gasteiger partial charge in [-0.15, -0.1) is 0 Å². The Morgan fingerprint density at radius 3 is 2.40 bits per heavy atom. The SMILES string of the molecule is CCOC(=O)c1cnn(C(C)C(OCC)OCC)c1N.